The molecule has 2 N–H and O–H groups in total. The van der Waals surface area contributed by atoms with Crippen LogP contribution in [0.1, 0.15) is 20.7 Å². The molecule has 0 saturated carbocycles. The SMILES string of the molecule is O=C(Nc1ccc(C(=O)Nn2cnc3scc(-c4ccccc4)c3c2=O)cc1)c1ccccc1. The predicted octanol–water partition coefficient (Wildman–Crippen LogP) is 4.76. The van der Waals surface area contributed by atoms with E-state index < -0.39 is 5.91 Å². The smallest absolute Gasteiger partial charge is 0.281 e. The Balaban J connectivity index is 1.35. The van der Waals surface area contributed by atoms with Crippen LogP contribution in [0.5, 0.6) is 0 Å². The quantitative estimate of drug-likeness (QED) is 0.391. The van der Waals surface area contributed by atoms with Gasteiger partial charge in [0.25, 0.3) is 17.4 Å². The maximum atomic E-state index is 13.1. The minimum atomic E-state index is -0.472. The van der Waals surface area contributed by atoms with Crippen molar-refractivity contribution in [2.24, 2.45) is 0 Å². The first-order valence-corrected chi connectivity index (χ1v) is 11.3. The summed E-state index contributed by atoms with van der Waals surface area (Å²) in [6.45, 7) is 0. The lowest BCUT2D eigenvalue weighted by Crippen LogP contribution is -2.33. The highest BCUT2D eigenvalue weighted by Crippen LogP contribution is 2.30. The van der Waals surface area contributed by atoms with Crippen LogP contribution in [0.2, 0.25) is 0 Å². The molecule has 0 aliphatic carbocycles. The Morgan fingerprint density at radius 1 is 0.794 bits per heavy atom. The third-order valence-corrected chi connectivity index (χ3v) is 6.13. The van der Waals surface area contributed by atoms with Crippen LogP contribution in [0.15, 0.2) is 101 Å². The van der Waals surface area contributed by atoms with Crippen LogP contribution in [0.3, 0.4) is 0 Å². The van der Waals surface area contributed by atoms with E-state index in [0.717, 1.165) is 15.8 Å². The number of amides is 2. The molecular weight excluding hydrogens is 448 g/mol. The summed E-state index contributed by atoms with van der Waals surface area (Å²) in [5.41, 5.74) is 5.34. The maximum absolute atomic E-state index is 13.1. The van der Waals surface area contributed by atoms with Gasteiger partial charge in [0.15, 0.2) is 0 Å². The average Bonchev–Trinajstić information content (AvgIpc) is 3.32. The molecule has 2 amide bonds. The number of hydrogen-bond donors (Lipinski definition) is 2. The number of fused-ring (bicyclic) bond motifs is 1. The Labute approximate surface area is 198 Å². The topological polar surface area (TPSA) is 93.1 Å². The van der Waals surface area contributed by atoms with Crippen molar-refractivity contribution in [1.82, 2.24) is 9.66 Å². The Bertz CT molecular complexity index is 1540. The van der Waals surface area contributed by atoms with Crippen LogP contribution < -0.4 is 16.3 Å². The van der Waals surface area contributed by atoms with E-state index in [-0.39, 0.29) is 11.5 Å². The highest BCUT2D eigenvalue weighted by molar-refractivity contribution is 7.17. The molecule has 0 aliphatic rings. The fourth-order valence-electron chi connectivity index (χ4n) is 3.51. The Morgan fingerprint density at radius 2 is 1.44 bits per heavy atom. The molecule has 0 radical (unpaired) electrons. The van der Waals surface area contributed by atoms with Crippen molar-refractivity contribution >= 4 is 39.1 Å². The molecular formula is C26H18N4O3S. The number of carbonyl (C=O) groups excluding carboxylic acids is 2. The predicted molar refractivity (Wildman–Crippen MR) is 134 cm³/mol. The molecule has 0 bridgehead atoms. The van der Waals surface area contributed by atoms with Gasteiger partial charge in [0, 0.05) is 27.8 Å². The first-order chi connectivity index (χ1) is 16.6. The average molecular weight is 467 g/mol. The van der Waals surface area contributed by atoms with E-state index in [1.54, 1.807) is 48.5 Å². The zero-order chi connectivity index (χ0) is 23.5. The Kier molecular flexibility index (Phi) is 5.72. The lowest BCUT2D eigenvalue weighted by molar-refractivity contribution is 0.100. The second-order valence-electron chi connectivity index (χ2n) is 7.45. The summed E-state index contributed by atoms with van der Waals surface area (Å²) >= 11 is 1.38. The van der Waals surface area contributed by atoms with Crippen LogP contribution in [0.4, 0.5) is 5.69 Å². The van der Waals surface area contributed by atoms with Crippen LogP contribution >= 0.6 is 11.3 Å². The number of rotatable bonds is 5. The van der Waals surface area contributed by atoms with E-state index in [4.69, 9.17) is 0 Å². The number of nitrogens with zero attached hydrogens (tertiary/aromatic N) is 2. The number of hydrogen-bond acceptors (Lipinski definition) is 5. The molecule has 2 heterocycles. The van der Waals surface area contributed by atoms with E-state index in [2.05, 4.69) is 15.7 Å². The number of carbonyl (C=O) groups is 2. The van der Waals surface area contributed by atoms with Crippen LogP contribution in [-0.4, -0.2) is 21.5 Å². The fourth-order valence-corrected chi connectivity index (χ4v) is 4.42. The van der Waals surface area contributed by atoms with Gasteiger partial charge in [-0.15, -0.1) is 11.3 Å². The summed E-state index contributed by atoms with van der Waals surface area (Å²) in [4.78, 5) is 43.1. The number of benzene rings is 3. The molecule has 0 fully saturated rings. The monoisotopic (exact) mass is 466 g/mol. The summed E-state index contributed by atoms with van der Waals surface area (Å²) in [6, 6.07) is 24.8. The number of nitrogens with one attached hydrogen (secondary N) is 2. The van der Waals surface area contributed by atoms with E-state index >= 15 is 0 Å². The molecule has 3 aromatic carbocycles. The highest BCUT2D eigenvalue weighted by atomic mass is 32.1. The van der Waals surface area contributed by atoms with Crippen molar-refractivity contribution in [1.29, 1.82) is 0 Å². The van der Waals surface area contributed by atoms with Crippen LogP contribution in [-0.2, 0) is 0 Å². The Hall–Kier alpha value is -4.56. The first kappa shape index (κ1) is 21.3. The summed E-state index contributed by atoms with van der Waals surface area (Å²) < 4.78 is 1.09. The third kappa shape index (κ3) is 4.22. The number of thiophene rings is 1. The lowest BCUT2D eigenvalue weighted by atomic mass is 10.1. The standard InChI is InChI=1S/C26H18N4O3S/c31-23(18-9-5-2-6-10-18)28-20-13-11-19(12-14-20)24(32)29-30-16-27-25-22(26(30)33)21(15-34-25)17-7-3-1-4-8-17/h1-16H,(H,28,31)(H,29,32). The van der Waals surface area contributed by atoms with Gasteiger partial charge in [-0.05, 0) is 42.0 Å². The van der Waals surface area contributed by atoms with E-state index in [1.165, 1.54) is 17.7 Å². The summed E-state index contributed by atoms with van der Waals surface area (Å²) in [6.07, 6.45) is 1.31. The van der Waals surface area contributed by atoms with Crippen LogP contribution in [0.25, 0.3) is 21.3 Å². The second kappa shape index (κ2) is 9.13. The van der Waals surface area contributed by atoms with Crippen LogP contribution in [0, 0.1) is 0 Å². The minimum absolute atomic E-state index is 0.242. The molecule has 166 valence electrons. The largest absolute Gasteiger partial charge is 0.322 e. The molecule has 7 nitrogen and oxygen atoms in total. The van der Waals surface area contributed by atoms with Gasteiger partial charge in [0.1, 0.15) is 11.2 Å². The van der Waals surface area contributed by atoms with Gasteiger partial charge in [0.2, 0.25) is 0 Å². The minimum Gasteiger partial charge on any atom is -0.322 e. The van der Waals surface area contributed by atoms with E-state index in [9.17, 15) is 14.4 Å². The second-order valence-corrected chi connectivity index (χ2v) is 8.31. The molecule has 5 aromatic rings. The van der Waals surface area contributed by atoms with Crippen molar-refractivity contribution < 1.29 is 9.59 Å². The molecule has 8 heteroatoms. The van der Waals surface area contributed by atoms with Gasteiger partial charge in [-0.1, -0.05) is 48.5 Å². The molecule has 34 heavy (non-hydrogen) atoms. The summed E-state index contributed by atoms with van der Waals surface area (Å²) in [7, 11) is 0. The van der Waals surface area contributed by atoms with Gasteiger partial charge in [-0.25, -0.2) is 9.66 Å². The van der Waals surface area contributed by atoms with Gasteiger partial charge < -0.3 is 5.32 Å². The van der Waals surface area contributed by atoms with E-state index in [1.807, 2.05) is 41.8 Å². The fraction of sp³-hybridized carbons (Fsp3) is 0. The van der Waals surface area contributed by atoms with Gasteiger partial charge in [-0.3, -0.25) is 19.8 Å². The normalized spacial score (nSPS) is 10.7. The first-order valence-electron chi connectivity index (χ1n) is 10.4. The lowest BCUT2D eigenvalue weighted by Gasteiger charge is -2.09. The van der Waals surface area contributed by atoms with Crippen molar-refractivity contribution in [2.45, 2.75) is 0 Å². The molecule has 0 atom stereocenters. The molecule has 2 aromatic heterocycles. The zero-order valence-corrected chi connectivity index (χ0v) is 18.6. The molecule has 0 spiro atoms. The Morgan fingerprint density at radius 3 is 2.15 bits per heavy atom. The molecule has 0 saturated heterocycles. The van der Waals surface area contributed by atoms with Crippen molar-refractivity contribution in [3.63, 3.8) is 0 Å². The van der Waals surface area contributed by atoms with Crippen molar-refractivity contribution in [2.75, 3.05) is 10.7 Å². The van der Waals surface area contributed by atoms with Gasteiger partial charge in [0.05, 0.1) is 5.39 Å². The maximum Gasteiger partial charge on any atom is 0.281 e. The third-order valence-electron chi connectivity index (χ3n) is 5.24. The molecule has 0 aliphatic heterocycles. The van der Waals surface area contributed by atoms with Crippen molar-refractivity contribution in [3.8, 4) is 11.1 Å². The zero-order valence-electron chi connectivity index (χ0n) is 17.8. The van der Waals surface area contributed by atoms with Gasteiger partial charge >= 0.3 is 0 Å². The highest BCUT2D eigenvalue weighted by Gasteiger charge is 2.15. The number of anilines is 1. The molecule has 5 rings (SSSR count). The molecule has 0 unspecified atom stereocenters. The number of aromatic nitrogens is 2. The summed E-state index contributed by atoms with van der Waals surface area (Å²) in [5, 5.41) is 5.14. The summed E-state index contributed by atoms with van der Waals surface area (Å²) in [5.74, 6) is -0.714. The van der Waals surface area contributed by atoms with Crippen molar-refractivity contribution in [3.05, 3.63) is 118 Å². The van der Waals surface area contributed by atoms with E-state index in [0.29, 0.717) is 27.0 Å². The van der Waals surface area contributed by atoms with Gasteiger partial charge in [-0.2, -0.15) is 0 Å².